The molecule has 0 aliphatic rings. The third-order valence-corrected chi connectivity index (χ3v) is 2.60. The van der Waals surface area contributed by atoms with Crippen LogP contribution in [0.15, 0.2) is 24.3 Å². The summed E-state index contributed by atoms with van der Waals surface area (Å²) in [6, 6.07) is 7.40. The summed E-state index contributed by atoms with van der Waals surface area (Å²) in [5.41, 5.74) is 1.54. The van der Waals surface area contributed by atoms with Gasteiger partial charge in [0.1, 0.15) is 0 Å². The summed E-state index contributed by atoms with van der Waals surface area (Å²) in [5.74, 6) is 0.665. The number of aryl methyl sites for hydroxylation is 1. The summed E-state index contributed by atoms with van der Waals surface area (Å²) in [6.07, 6.45) is 0.435. The maximum Gasteiger partial charge on any atom is 0.225 e. The van der Waals surface area contributed by atoms with Crippen LogP contribution in [0, 0.1) is 6.92 Å². The molecule has 1 aromatic carbocycles. The van der Waals surface area contributed by atoms with Crippen molar-refractivity contribution in [1.29, 1.82) is 0 Å². The van der Waals surface area contributed by atoms with Gasteiger partial charge in [-0.15, -0.1) is 5.10 Å². The largest absolute Gasteiger partial charge is 0.326 e. The van der Waals surface area contributed by atoms with Crippen molar-refractivity contribution in [2.45, 2.75) is 13.3 Å². The average molecular weight is 260 g/mol. The second-order valence-electron chi connectivity index (χ2n) is 4.09. The maximum absolute atomic E-state index is 11.6. The zero-order valence-electron chi connectivity index (χ0n) is 10.9. The van der Waals surface area contributed by atoms with Gasteiger partial charge >= 0.3 is 0 Å². The van der Waals surface area contributed by atoms with Crippen LogP contribution in [0.2, 0.25) is 0 Å². The number of nitrogens with one attached hydrogen (secondary N) is 2. The van der Waals surface area contributed by atoms with Crippen LogP contribution in [0.1, 0.15) is 12.2 Å². The van der Waals surface area contributed by atoms with Crippen molar-refractivity contribution in [1.82, 2.24) is 25.5 Å². The fraction of sp³-hybridized carbons (Fsp3) is 0.333. The minimum Gasteiger partial charge on any atom is -0.326 e. The predicted molar refractivity (Wildman–Crippen MR) is 71.1 cm³/mol. The second-order valence-corrected chi connectivity index (χ2v) is 4.09. The topological polar surface area (TPSA) is 84.7 Å². The number of hydrogen-bond acceptors (Lipinski definition) is 5. The van der Waals surface area contributed by atoms with Gasteiger partial charge in [0.2, 0.25) is 5.91 Å². The lowest BCUT2D eigenvalue weighted by molar-refractivity contribution is -0.116. The monoisotopic (exact) mass is 260 g/mol. The van der Waals surface area contributed by atoms with Crippen LogP contribution in [0.25, 0.3) is 5.69 Å². The highest BCUT2D eigenvalue weighted by atomic mass is 16.1. The van der Waals surface area contributed by atoms with Crippen molar-refractivity contribution in [2.24, 2.45) is 0 Å². The SMILES string of the molecule is CNCCC(=O)Nc1cccc(-n2nnnc2C)c1. The number of benzene rings is 1. The molecular weight excluding hydrogens is 244 g/mol. The maximum atomic E-state index is 11.6. The molecule has 0 saturated carbocycles. The molecule has 1 amide bonds. The second kappa shape index (κ2) is 6.05. The fourth-order valence-corrected chi connectivity index (χ4v) is 1.65. The zero-order valence-corrected chi connectivity index (χ0v) is 10.9. The smallest absolute Gasteiger partial charge is 0.225 e. The first-order chi connectivity index (χ1) is 9.20. The Morgan fingerprint density at radius 2 is 2.26 bits per heavy atom. The van der Waals surface area contributed by atoms with E-state index in [9.17, 15) is 4.79 Å². The fourth-order valence-electron chi connectivity index (χ4n) is 1.65. The van der Waals surface area contributed by atoms with Gasteiger partial charge < -0.3 is 10.6 Å². The molecule has 0 radical (unpaired) electrons. The van der Waals surface area contributed by atoms with Crippen LogP contribution in [-0.2, 0) is 4.79 Å². The van der Waals surface area contributed by atoms with Crippen molar-refractivity contribution in [2.75, 3.05) is 18.9 Å². The number of amides is 1. The van der Waals surface area contributed by atoms with Gasteiger partial charge in [0.15, 0.2) is 5.82 Å². The summed E-state index contributed by atoms with van der Waals surface area (Å²) in [4.78, 5) is 11.6. The van der Waals surface area contributed by atoms with Crippen LogP contribution in [0.3, 0.4) is 0 Å². The average Bonchev–Trinajstić information content (AvgIpc) is 2.83. The van der Waals surface area contributed by atoms with Crippen LogP contribution in [0.5, 0.6) is 0 Å². The molecule has 7 nitrogen and oxygen atoms in total. The Hall–Kier alpha value is -2.28. The molecule has 2 rings (SSSR count). The molecule has 0 saturated heterocycles. The van der Waals surface area contributed by atoms with Crippen molar-refractivity contribution in [3.05, 3.63) is 30.1 Å². The van der Waals surface area contributed by atoms with Crippen LogP contribution >= 0.6 is 0 Å². The molecule has 0 aliphatic heterocycles. The molecule has 1 aromatic heterocycles. The van der Waals surface area contributed by atoms with Crippen LogP contribution < -0.4 is 10.6 Å². The van der Waals surface area contributed by atoms with Crippen molar-refractivity contribution >= 4 is 11.6 Å². The van der Waals surface area contributed by atoms with E-state index in [-0.39, 0.29) is 5.91 Å². The molecule has 0 fully saturated rings. The van der Waals surface area contributed by atoms with Gasteiger partial charge in [0.25, 0.3) is 0 Å². The number of tetrazole rings is 1. The van der Waals surface area contributed by atoms with E-state index >= 15 is 0 Å². The highest BCUT2D eigenvalue weighted by molar-refractivity contribution is 5.91. The summed E-state index contributed by atoms with van der Waals surface area (Å²) >= 11 is 0. The Labute approximate surface area is 111 Å². The van der Waals surface area contributed by atoms with Crippen molar-refractivity contribution in [3.63, 3.8) is 0 Å². The molecule has 100 valence electrons. The highest BCUT2D eigenvalue weighted by Crippen LogP contribution is 2.14. The third-order valence-electron chi connectivity index (χ3n) is 2.60. The molecule has 7 heteroatoms. The van der Waals surface area contributed by atoms with E-state index in [0.29, 0.717) is 18.8 Å². The molecule has 1 heterocycles. The molecule has 0 spiro atoms. The number of nitrogens with zero attached hydrogens (tertiary/aromatic N) is 4. The van der Waals surface area contributed by atoms with E-state index in [1.165, 1.54) is 0 Å². The van der Waals surface area contributed by atoms with Gasteiger partial charge in [0, 0.05) is 18.7 Å². The van der Waals surface area contributed by atoms with Gasteiger partial charge in [-0.3, -0.25) is 4.79 Å². The Bertz CT molecular complexity index is 565. The first-order valence-electron chi connectivity index (χ1n) is 6.00. The normalized spacial score (nSPS) is 10.4. The summed E-state index contributed by atoms with van der Waals surface area (Å²) < 4.78 is 1.61. The molecule has 0 atom stereocenters. The van der Waals surface area contributed by atoms with E-state index in [0.717, 1.165) is 11.4 Å². The molecule has 0 unspecified atom stereocenters. The van der Waals surface area contributed by atoms with Crippen LogP contribution in [0.4, 0.5) is 5.69 Å². The molecule has 19 heavy (non-hydrogen) atoms. The lowest BCUT2D eigenvalue weighted by Gasteiger charge is -2.07. The molecular formula is C12H16N6O. The first kappa shape index (κ1) is 13.2. The van der Waals surface area contributed by atoms with Gasteiger partial charge in [-0.05, 0) is 42.6 Å². The summed E-state index contributed by atoms with van der Waals surface area (Å²) in [6.45, 7) is 2.47. The minimum absolute atomic E-state index is 0.0278. The lowest BCUT2D eigenvalue weighted by Crippen LogP contribution is -2.18. The van der Waals surface area contributed by atoms with Crippen molar-refractivity contribution in [3.8, 4) is 5.69 Å². The number of anilines is 1. The zero-order chi connectivity index (χ0) is 13.7. The standard InChI is InChI=1S/C12H16N6O/c1-9-15-16-17-18(9)11-5-3-4-10(8-11)14-12(19)6-7-13-2/h3-5,8,13H,6-7H2,1-2H3,(H,14,19). The Morgan fingerprint density at radius 1 is 1.42 bits per heavy atom. The molecule has 2 aromatic rings. The van der Waals surface area contributed by atoms with E-state index in [2.05, 4.69) is 26.2 Å². The lowest BCUT2D eigenvalue weighted by atomic mass is 10.2. The summed E-state index contributed by atoms with van der Waals surface area (Å²) in [5, 5.41) is 17.1. The van der Waals surface area contributed by atoms with Gasteiger partial charge in [-0.1, -0.05) is 6.07 Å². The molecule has 0 bridgehead atoms. The number of rotatable bonds is 5. The van der Waals surface area contributed by atoms with E-state index in [4.69, 9.17) is 0 Å². The van der Waals surface area contributed by atoms with E-state index in [1.54, 1.807) is 4.68 Å². The Balaban J connectivity index is 2.12. The number of carbonyl (C=O) groups excluding carboxylic acids is 1. The van der Waals surface area contributed by atoms with Gasteiger partial charge in [-0.2, -0.15) is 4.68 Å². The quantitative estimate of drug-likeness (QED) is 0.818. The van der Waals surface area contributed by atoms with Gasteiger partial charge in [0.05, 0.1) is 5.69 Å². The number of hydrogen-bond donors (Lipinski definition) is 2. The Kier molecular flexibility index (Phi) is 4.19. The van der Waals surface area contributed by atoms with Gasteiger partial charge in [-0.25, -0.2) is 0 Å². The summed E-state index contributed by atoms with van der Waals surface area (Å²) in [7, 11) is 1.81. The Morgan fingerprint density at radius 3 is 2.95 bits per heavy atom. The number of carbonyl (C=O) groups is 1. The molecule has 2 N–H and O–H groups in total. The number of aromatic nitrogens is 4. The highest BCUT2D eigenvalue weighted by Gasteiger charge is 2.06. The third kappa shape index (κ3) is 3.35. The predicted octanol–water partition coefficient (Wildman–Crippen LogP) is 0.519. The first-order valence-corrected chi connectivity index (χ1v) is 6.00. The van der Waals surface area contributed by atoms with E-state index in [1.807, 2.05) is 38.2 Å². The molecule has 0 aliphatic carbocycles. The van der Waals surface area contributed by atoms with Crippen LogP contribution in [-0.4, -0.2) is 39.7 Å². The van der Waals surface area contributed by atoms with E-state index < -0.39 is 0 Å². The van der Waals surface area contributed by atoms with Crippen molar-refractivity contribution < 1.29 is 4.79 Å². The minimum atomic E-state index is -0.0278.